The first-order valence-corrected chi connectivity index (χ1v) is 12.7. The first-order chi connectivity index (χ1) is 18.5. The third-order valence-electron chi connectivity index (χ3n) is 5.64. The molecule has 38 heavy (non-hydrogen) atoms. The summed E-state index contributed by atoms with van der Waals surface area (Å²) in [4.78, 5) is 24.1. The van der Waals surface area contributed by atoms with Gasteiger partial charge in [0.1, 0.15) is 0 Å². The monoisotopic (exact) mass is 520 g/mol. The van der Waals surface area contributed by atoms with Crippen LogP contribution < -0.4 is 21.3 Å². The topological polar surface area (TPSA) is 169 Å². The Bertz CT molecular complexity index is 1330. The molecule has 4 N–H and O–H groups in total. The Labute approximate surface area is 220 Å². The van der Waals surface area contributed by atoms with Gasteiger partial charge in [0.05, 0.1) is 10.6 Å². The van der Waals surface area contributed by atoms with Crippen molar-refractivity contribution < 1.29 is 9.55 Å². The van der Waals surface area contributed by atoms with Crippen molar-refractivity contribution in [1.82, 2.24) is 25.3 Å². The molecule has 2 heterocycles. The predicted octanol–water partition coefficient (Wildman–Crippen LogP) is 4.83. The van der Waals surface area contributed by atoms with Crippen molar-refractivity contribution in [2.45, 2.75) is 52.1 Å². The largest absolute Gasteiger partial charge is 0.383 e. The van der Waals surface area contributed by atoms with Gasteiger partial charge in [0.15, 0.2) is 5.52 Å². The summed E-state index contributed by atoms with van der Waals surface area (Å²) < 4.78 is 4.70. The minimum atomic E-state index is -0.495. The highest BCUT2D eigenvalue weighted by atomic mass is 16.6. The molecule has 0 saturated heterocycles. The predicted molar refractivity (Wildman–Crippen MR) is 146 cm³/mol. The average Bonchev–Trinajstić information content (AvgIpc) is 3.39. The standard InChI is InChI=1S/C25H32N10O3/c1-17(2)29-25-31-23(30-24(32-25)28-16-18-10-6-5-7-11-18)27-15-9-4-3-8-14-26-19-12-13-20(35(36)37)22-21(19)33-38-34-22/h5-7,10-13,17,26H,3-4,8-9,14-16H2,1-2H3,(H3,27,28,29,30,31,32). The smallest absolute Gasteiger partial charge is 0.300 e. The Kier molecular flexibility index (Phi) is 9.16. The molecule has 0 fully saturated rings. The lowest BCUT2D eigenvalue weighted by Gasteiger charge is -2.13. The first-order valence-electron chi connectivity index (χ1n) is 12.7. The number of nitrogens with zero attached hydrogens (tertiary/aromatic N) is 6. The van der Waals surface area contributed by atoms with Crippen LogP contribution in [0.3, 0.4) is 0 Å². The summed E-state index contributed by atoms with van der Waals surface area (Å²) >= 11 is 0. The van der Waals surface area contributed by atoms with Crippen LogP contribution in [0.2, 0.25) is 0 Å². The van der Waals surface area contributed by atoms with Gasteiger partial charge in [-0.2, -0.15) is 15.0 Å². The normalized spacial score (nSPS) is 11.0. The van der Waals surface area contributed by atoms with Gasteiger partial charge in [0, 0.05) is 31.7 Å². The number of unbranched alkanes of at least 4 members (excludes halogenated alkanes) is 3. The van der Waals surface area contributed by atoms with Gasteiger partial charge in [-0.3, -0.25) is 10.1 Å². The number of nitro benzene ring substituents is 1. The summed E-state index contributed by atoms with van der Waals surface area (Å²) in [5, 5.41) is 31.7. The van der Waals surface area contributed by atoms with E-state index in [-0.39, 0.29) is 17.2 Å². The van der Waals surface area contributed by atoms with Crippen LogP contribution in [0.5, 0.6) is 0 Å². The number of aromatic nitrogens is 5. The van der Waals surface area contributed by atoms with Gasteiger partial charge in [-0.25, -0.2) is 4.63 Å². The zero-order valence-electron chi connectivity index (χ0n) is 21.5. The molecule has 4 aromatic rings. The van der Waals surface area contributed by atoms with Crippen molar-refractivity contribution in [3.63, 3.8) is 0 Å². The fourth-order valence-electron chi connectivity index (χ4n) is 3.80. The fourth-order valence-corrected chi connectivity index (χ4v) is 3.80. The van der Waals surface area contributed by atoms with E-state index in [1.54, 1.807) is 6.07 Å². The number of hydrogen-bond acceptors (Lipinski definition) is 12. The number of nitrogens with one attached hydrogen (secondary N) is 4. The summed E-state index contributed by atoms with van der Waals surface area (Å²) in [6.45, 7) is 6.15. The van der Waals surface area contributed by atoms with E-state index in [2.05, 4.69) is 46.5 Å². The number of benzene rings is 2. The molecule has 0 aliphatic carbocycles. The molecular formula is C25H32N10O3. The van der Waals surface area contributed by atoms with Gasteiger partial charge in [-0.05, 0) is 48.6 Å². The van der Waals surface area contributed by atoms with E-state index in [9.17, 15) is 10.1 Å². The summed E-state index contributed by atoms with van der Waals surface area (Å²) in [6.07, 6.45) is 3.94. The van der Waals surface area contributed by atoms with Crippen LogP contribution in [-0.2, 0) is 6.54 Å². The Morgan fingerprint density at radius 3 is 2.18 bits per heavy atom. The minimum absolute atomic E-state index is 0.122. The van der Waals surface area contributed by atoms with Crippen LogP contribution in [0.25, 0.3) is 11.0 Å². The number of anilines is 4. The molecule has 4 rings (SSSR count). The maximum atomic E-state index is 11.1. The Morgan fingerprint density at radius 1 is 0.816 bits per heavy atom. The van der Waals surface area contributed by atoms with Gasteiger partial charge in [0.25, 0.3) is 0 Å². The van der Waals surface area contributed by atoms with E-state index in [0.717, 1.165) is 37.8 Å². The molecule has 0 saturated carbocycles. The van der Waals surface area contributed by atoms with Gasteiger partial charge in [-0.15, -0.1) is 0 Å². The quantitative estimate of drug-likeness (QED) is 0.0957. The molecule has 0 bridgehead atoms. The van der Waals surface area contributed by atoms with Crippen molar-refractivity contribution in [3.05, 3.63) is 58.1 Å². The van der Waals surface area contributed by atoms with Crippen molar-refractivity contribution in [3.8, 4) is 0 Å². The molecule has 0 aliphatic rings. The lowest BCUT2D eigenvalue weighted by Crippen LogP contribution is -2.16. The molecule has 13 heteroatoms. The number of hydrogen-bond donors (Lipinski definition) is 4. The van der Waals surface area contributed by atoms with Crippen molar-refractivity contribution in [2.24, 2.45) is 0 Å². The van der Waals surface area contributed by atoms with E-state index in [0.29, 0.717) is 42.1 Å². The lowest BCUT2D eigenvalue weighted by atomic mass is 10.2. The molecule has 2 aromatic heterocycles. The maximum Gasteiger partial charge on any atom is 0.300 e. The van der Waals surface area contributed by atoms with Crippen molar-refractivity contribution in [1.29, 1.82) is 0 Å². The lowest BCUT2D eigenvalue weighted by molar-refractivity contribution is -0.383. The van der Waals surface area contributed by atoms with Gasteiger partial charge < -0.3 is 21.3 Å². The second kappa shape index (κ2) is 13.1. The number of non-ortho nitro benzene ring substituents is 1. The van der Waals surface area contributed by atoms with Crippen LogP contribution in [0, 0.1) is 10.1 Å². The van der Waals surface area contributed by atoms with Crippen LogP contribution in [0.4, 0.5) is 29.2 Å². The Hall–Kier alpha value is -4.55. The maximum absolute atomic E-state index is 11.1. The molecule has 0 unspecified atom stereocenters. The molecule has 0 amide bonds. The molecule has 0 radical (unpaired) electrons. The van der Waals surface area contributed by atoms with E-state index in [4.69, 9.17) is 4.63 Å². The summed E-state index contributed by atoms with van der Waals surface area (Å²) in [7, 11) is 0. The Morgan fingerprint density at radius 2 is 1.47 bits per heavy atom. The molecule has 0 spiro atoms. The number of fused-ring (bicyclic) bond motifs is 1. The zero-order valence-corrected chi connectivity index (χ0v) is 21.5. The summed E-state index contributed by atoms with van der Waals surface area (Å²) in [5.41, 5.74) is 2.21. The zero-order chi connectivity index (χ0) is 26.7. The van der Waals surface area contributed by atoms with Gasteiger partial charge in [0.2, 0.25) is 23.4 Å². The van der Waals surface area contributed by atoms with Crippen molar-refractivity contribution in [2.75, 3.05) is 34.4 Å². The van der Waals surface area contributed by atoms with E-state index < -0.39 is 4.92 Å². The van der Waals surface area contributed by atoms with E-state index >= 15 is 0 Å². The fraction of sp³-hybridized carbons (Fsp3) is 0.400. The molecule has 13 nitrogen and oxygen atoms in total. The molecule has 2 aromatic carbocycles. The van der Waals surface area contributed by atoms with E-state index in [1.807, 2.05) is 44.2 Å². The highest BCUT2D eigenvalue weighted by Crippen LogP contribution is 2.28. The third kappa shape index (κ3) is 7.48. The first kappa shape index (κ1) is 26.5. The molecule has 0 aliphatic heterocycles. The van der Waals surface area contributed by atoms with Gasteiger partial charge in [-0.1, -0.05) is 43.2 Å². The van der Waals surface area contributed by atoms with Crippen LogP contribution in [-0.4, -0.2) is 49.3 Å². The number of nitro groups is 1. The van der Waals surface area contributed by atoms with E-state index in [1.165, 1.54) is 6.07 Å². The van der Waals surface area contributed by atoms with Crippen LogP contribution in [0.15, 0.2) is 47.1 Å². The van der Waals surface area contributed by atoms with Crippen LogP contribution >= 0.6 is 0 Å². The average molecular weight is 521 g/mol. The highest BCUT2D eigenvalue weighted by molar-refractivity contribution is 5.93. The van der Waals surface area contributed by atoms with Crippen molar-refractivity contribution >= 4 is 40.3 Å². The summed E-state index contributed by atoms with van der Waals surface area (Å²) in [6, 6.07) is 13.3. The second-order valence-electron chi connectivity index (χ2n) is 9.06. The van der Waals surface area contributed by atoms with Gasteiger partial charge >= 0.3 is 5.69 Å². The van der Waals surface area contributed by atoms with Crippen LogP contribution in [0.1, 0.15) is 45.1 Å². The molecular weight excluding hydrogens is 488 g/mol. The second-order valence-corrected chi connectivity index (χ2v) is 9.06. The molecule has 0 atom stereocenters. The SMILES string of the molecule is CC(C)Nc1nc(NCCCCCCNc2ccc([N+](=O)[O-])c3nonc23)nc(NCc2ccccc2)n1. The minimum Gasteiger partial charge on any atom is -0.383 e. The number of rotatable bonds is 15. The molecule has 200 valence electrons. The Balaban J connectivity index is 1.20. The highest BCUT2D eigenvalue weighted by Gasteiger charge is 2.19. The summed E-state index contributed by atoms with van der Waals surface area (Å²) in [5.74, 6) is 1.58. The third-order valence-corrected chi connectivity index (χ3v) is 5.64.